The van der Waals surface area contributed by atoms with E-state index in [0.29, 0.717) is 12.1 Å². The Balaban J connectivity index is 3.07. The van der Waals surface area contributed by atoms with E-state index in [9.17, 15) is 30.4 Å². The normalized spacial score (nSPS) is 12.6. The van der Waals surface area contributed by atoms with Crippen LogP contribution in [0.15, 0.2) is 18.2 Å². The van der Waals surface area contributed by atoms with Crippen LogP contribution in [-0.2, 0) is 10.0 Å². The lowest BCUT2D eigenvalue weighted by Crippen LogP contribution is -2.21. The van der Waals surface area contributed by atoms with Gasteiger partial charge in [0.15, 0.2) is 10.0 Å². The van der Waals surface area contributed by atoms with Crippen molar-refractivity contribution < 1.29 is 30.4 Å². The van der Waals surface area contributed by atoms with Crippen LogP contribution < -0.4 is 0 Å². The molecule has 0 heterocycles. The lowest BCUT2D eigenvalue weighted by molar-refractivity contribution is -0.0425. The van der Waals surface area contributed by atoms with E-state index in [-0.39, 0.29) is 6.07 Å². The van der Waals surface area contributed by atoms with Crippen LogP contribution in [0.4, 0.5) is 27.6 Å². The number of sulfonamides is 1. The Kier molecular flexibility index (Phi) is 3.08. The second-order valence-electron chi connectivity index (χ2n) is 2.61. The molecule has 0 aliphatic rings. The Hall–Kier alpha value is -1.38. The first kappa shape index (κ1) is 12.7. The van der Waals surface area contributed by atoms with Gasteiger partial charge in [-0.3, -0.25) is 0 Å². The summed E-state index contributed by atoms with van der Waals surface area (Å²) < 4.78 is 83.9. The quantitative estimate of drug-likeness (QED) is 0.767. The predicted octanol–water partition coefficient (Wildman–Crippen LogP) is 2.82. The number of rotatable bonds is 2. The van der Waals surface area contributed by atoms with Gasteiger partial charge in [-0.25, -0.2) is 17.2 Å². The van der Waals surface area contributed by atoms with Crippen LogP contribution in [0, 0.1) is 11.6 Å². The highest BCUT2D eigenvalue weighted by atomic mass is 32.2. The van der Waals surface area contributed by atoms with Gasteiger partial charge in [0.25, 0.3) is 0 Å². The molecule has 0 spiro atoms. The van der Waals surface area contributed by atoms with E-state index in [1.165, 1.54) is 0 Å². The third-order valence-electron chi connectivity index (χ3n) is 1.42. The van der Waals surface area contributed by atoms with Crippen molar-refractivity contribution >= 4 is 15.7 Å². The van der Waals surface area contributed by atoms with Gasteiger partial charge in [-0.1, -0.05) is 11.8 Å². The van der Waals surface area contributed by atoms with E-state index in [1.807, 2.05) is 0 Å². The van der Waals surface area contributed by atoms with E-state index in [1.54, 1.807) is 0 Å². The fourth-order valence-electron chi connectivity index (χ4n) is 0.737. The number of hydrogen-bond donors (Lipinski definition) is 0. The molecule has 0 unspecified atom stereocenters. The average Bonchev–Trinajstić information content (AvgIpc) is 2.08. The van der Waals surface area contributed by atoms with Crippen LogP contribution >= 0.6 is 0 Å². The summed E-state index contributed by atoms with van der Waals surface area (Å²) in [4.78, 5) is 0. The van der Waals surface area contributed by atoms with Crippen molar-refractivity contribution in [2.45, 2.75) is 5.51 Å². The minimum Gasteiger partial charge on any atom is -0.567 e. The number of benzene rings is 1. The van der Waals surface area contributed by atoms with Crippen molar-refractivity contribution in [1.82, 2.24) is 0 Å². The molecule has 0 atom stereocenters. The van der Waals surface area contributed by atoms with Crippen molar-refractivity contribution in [1.29, 1.82) is 0 Å². The molecule has 0 N–H and O–H groups in total. The van der Waals surface area contributed by atoms with Crippen molar-refractivity contribution in [2.75, 3.05) is 0 Å². The maximum Gasteiger partial charge on any atom is 0.483 e. The molecule has 0 fully saturated rings. The molecular weight excluding hydrogens is 257 g/mol. The highest BCUT2D eigenvalue weighted by Gasteiger charge is 2.39. The predicted molar refractivity (Wildman–Crippen MR) is 44.4 cm³/mol. The van der Waals surface area contributed by atoms with Gasteiger partial charge in [0.1, 0.15) is 11.6 Å². The second-order valence-corrected chi connectivity index (χ2v) is 4.20. The maximum atomic E-state index is 12.8. The molecule has 0 aliphatic heterocycles. The molecule has 1 aromatic carbocycles. The molecule has 1 aromatic rings. The van der Waals surface area contributed by atoms with E-state index in [0.717, 1.165) is 0 Å². The van der Waals surface area contributed by atoms with Crippen LogP contribution in [0.1, 0.15) is 0 Å². The van der Waals surface area contributed by atoms with Crippen LogP contribution in [0.5, 0.6) is 0 Å². The molecule has 3 nitrogen and oxygen atoms in total. The zero-order valence-corrected chi connectivity index (χ0v) is 8.11. The van der Waals surface area contributed by atoms with E-state index < -0.39 is 32.9 Å². The summed E-state index contributed by atoms with van der Waals surface area (Å²) >= 11 is 0. The Morgan fingerprint density at radius 1 is 1.12 bits per heavy atom. The topological polar surface area (TPSA) is 48.2 Å². The van der Waals surface area contributed by atoms with Crippen LogP contribution in [0.25, 0.3) is 4.72 Å². The molecule has 0 saturated carbocycles. The van der Waals surface area contributed by atoms with Gasteiger partial charge in [-0.2, -0.15) is 13.2 Å². The lowest BCUT2D eigenvalue weighted by atomic mass is 10.3. The fraction of sp³-hybridized carbons (Fsp3) is 0.143. The lowest BCUT2D eigenvalue weighted by Gasteiger charge is -2.23. The van der Waals surface area contributed by atoms with Crippen molar-refractivity contribution in [2.24, 2.45) is 0 Å². The van der Waals surface area contributed by atoms with E-state index in [4.69, 9.17) is 0 Å². The molecule has 0 aliphatic carbocycles. The highest BCUT2D eigenvalue weighted by molar-refractivity contribution is 7.95. The van der Waals surface area contributed by atoms with Gasteiger partial charge >= 0.3 is 5.51 Å². The number of alkyl halides is 3. The number of halogens is 5. The second kappa shape index (κ2) is 3.89. The number of nitrogens with zero attached hydrogens (tertiary/aromatic N) is 1. The Bertz CT molecular complexity index is 496. The van der Waals surface area contributed by atoms with Gasteiger partial charge in [0.05, 0.1) is 0 Å². The molecule has 0 radical (unpaired) electrons. The monoisotopic (exact) mass is 260 g/mol. The Morgan fingerprint density at radius 3 is 2.12 bits per heavy atom. The molecule has 9 heteroatoms. The van der Waals surface area contributed by atoms with Crippen molar-refractivity contribution in [3.8, 4) is 0 Å². The maximum absolute atomic E-state index is 12.8. The Labute approximate surface area is 86.9 Å². The molecule has 16 heavy (non-hydrogen) atoms. The van der Waals surface area contributed by atoms with Crippen molar-refractivity contribution in [3.05, 3.63) is 34.6 Å². The van der Waals surface area contributed by atoms with Crippen LogP contribution in [0.2, 0.25) is 0 Å². The molecular formula is C7H3F5NO2S-. The summed E-state index contributed by atoms with van der Waals surface area (Å²) in [5.41, 5.74) is -6.72. The molecule has 0 aromatic heterocycles. The third-order valence-corrected chi connectivity index (χ3v) is 2.44. The smallest absolute Gasteiger partial charge is 0.483 e. The minimum atomic E-state index is -5.82. The third kappa shape index (κ3) is 2.60. The van der Waals surface area contributed by atoms with Gasteiger partial charge in [0, 0.05) is 6.07 Å². The van der Waals surface area contributed by atoms with E-state index >= 15 is 0 Å². The standard InChI is InChI=1S/C7H3F5NO2S/c8-4-1-2-6(5(9)3-4)13-16(14,15)7(10,11)12/h1-3H/q-1. The van der Waals surface area contributed by atoms with Gasteiger partial charge < -0.3 is 4.72 Å². The summed E-state index contributed by atoms with van der Waals surface area (Å²) in [6.45, 7) is 0. The largest absolute Gasteiger partial charge is 0.567 e. The van der Waals surface area contributed by atoms with E-state index in [2.05, 4.69) is 4.72 Å². The summed E-state index contributed by atoms with van der Waals surface area (Å²) in [5.74, 6) is -2.55. The molecule has 90 valence electrons. The first-order valence-electron chi connectivity index (χ1n) is 3.63. The molecule has 0 saturated heterocycles. The molecule has 0 bridgehead atoms. The summed E-state index contributed by atoms with van der Waals surface area (Å²) in [6, 6.07) is 1.31. The number of hydrogen-bond acceptors (Lipinski definition) is 2. The van der Waals surface area contributed by atoms with Gasteiger partial charge in [-0.05, 0) is 6.07 Å². The van der Waals surface area contributed by atoms with Crippen LogP contribution in [-0.4, -0.2) is 13.9 Å². The Morgan fingerprint density at radius 2 is 1.69 bits per heavy atom. The average molecular weight is 260 g/mol. The first-order chi connectivity index (χ1) is 7.13. The highest BCUT2D eigenvalue weighted by Crippen LogP contribution is 2.35. The SMILES string of the molecule is O=S(=O)([N-]c1ccc(F)cc1F)C(F)(F)F. The van der Waals surface area contributed by atoms with Crippen molar-refractivity contribution in [3.63, 3.8) is 0 Å². The first-order valence-corrected chi connectivity index (χ1v) is 5.07. The zero-order valence-electron chi connectivity index (χ0n) is 7.29. The van der Waals surface area contributed by atoms with Gasteiger partial charge in [0.2, 0.25) is 0 Å². The molecule has 0 amide bonds. The fourth-order valence-corrected chi connectivity index (χ4v) is 1.25. The summed E-state index contributed by atoms with van der Waals surface area (Å²) in [5, 5.41) is 0. The minimum absolute atomic E-state index is 0.227. The zero-order chi connectivity index (χ0) is 12.6. The molecule has 1 rings (SSSR count). The van der Waals surface area contributed by atoms with Gasteiger partial charge in [-0.15, -0.1) is 0 Å². The summed E-state index contributed by atoms with van der Waals surface area (Å²) in [6.07, 6.45) is 0. The van der Waals surface area contributed by atoms with Crippen LogP contribution in [0.3, 0.4) is 0 Å². The summed E-state index contributed by atoms with van der Waals surface area (Å²) in [7, 11) is -5.82.